The summed E-state index contributed by atoms with van der Waals surface area (Å²) in [6, 6.07) is 12.9. The number of hydrogen-bond acceptors (Lipinski definition) is 3. The molecule has 3 rings (SSSR count). The van der Waals surface area contributed by atoms with Gasteiger partial charge in [-0.3, -0.25) is 0 Å². The summed E-state index contributed by atoms with van der Waals surface area (Å²) in [5, 5.41) is 11.8. The lowest BCUT2D eigenvalue weighted by Crippen LogP contribution is -2.04. The van der Waals surface area contributed by atoms with E-state index in [4.69, 9.17) is 0 Å². The molecule has 1 fully saturated rings. The van der Waals surface area contributed by atoms with Crippen LogP contribution in [0.25, 0.3) is 11.3 Å². The predicted molar refractivity (Wildman–Crippen MR) is 68.8 cm³/mol. The van der Waals surface area contributed by atoms with E-state index >= 15 is 0 Å². The highest BCUT2D eigenvalue weighted by molar-refractivity contribution is 5.63. The molecule has 0 aliphatic heterocycles. The second kappa shape index (κ2) is 4.17. The molecule has 0 bridgehead atoms. The Balaban J connectivity index is 1.86. The summed E-state index contributed by atoms with van der Waals surface area (Å²) in [6.07, 6.45) is 2.50. The largest absolute Gasteiger partial charge is 0.366 e. The second-order valence-corrected chi connectivity index (χ2v) is 4.54. The molecule has 3 heteroatoms. The molecule has 1 saturated carbocycles. The third kappa shape index (κ3) is 2.28. The number of benzene rings is 1. The van der Waals surface area contributed by atoms with Gasteiger partial charge in [0.2, 0.25) is 0 Å². The van der Waals surface area contributed by atoms with Crippen LogP contribution in [-0.4, -0.2) is 16.2 Å². The maximum atomic E-state index is 4.28. The van der Waals surface area contributed by atoms with Crippen LogP contribution in [0.15, 0.2) is 36.4 Å². The van der Waals surface area contributed by atoms with Crippen molar-refractivity contribution in [3.63, 3.8) is 0 Å². The molecular formula is C14H15N3. The maximum absolute atomic E-state index is 4.28. The smallest absolute Gasteiger partial charge is 0.148 e. The molecule has 1 heterocycles. The average molecular weight is 225 g/mol. The first-order valence-electron chi connectivity index (χ1n) is 5.99. The number of aromatic nitrogens is 2. The third-order valence-corrected chi connectivity index (χ3v) is 3.01. The fourth-order valence-electron chi connectivity index (χ4n) is 1.85. The molecule has 3 nitrogen and oxygen atoms in total. The summed E-state index contributed by atoms with van der Waals surface area (Å²) >= 11 is 0. The number of anilines is 1. The van der Waals surface area contributed by atoms with Gasteiger partial charge in [0, 0.05) is 11.6 Å². The van der Waals surface area contributed by atoms with Crippen LogP contribution in [0.2, 0.25) is 0 Å². The van der Waals surface area contributed by atoms with Gasteiger partial charge in [-0.25, -0.2) is 0 Å². The SMILES string of the molecule is Cc1ccccc1-c1ccc(NC2CC2)nn1. The average Bonchev–Trinajstić information content (AvgIpc) is 3.15. The van der Waals surface area contributed by atoms with E-state index in [0.29, 0.717) is 6.04 Å². The molecule has 0 unspecified atom stereocenters. The Bertz CT molecular complexity index is 515. The van der Waals surface area contributed by atoms with Crippen molar-refractivity contribution in [3.8, 4) is 11.3 Å². The summed E-state index contributed by atoms with van der Waals surface area (Å²) in [5.41, 5.74) is 3.31. The molecule has 0 spiro atoms. The van der Waals surface area contributed by atoms with Crippen molar-refractivity contribution in [3.05, 3.63) is 42.0 Å². The Morgan fingerprint density at radius 1 is 1.06 bits per heavy atom. The van der Waals surface area contributed by atoms with E-state index in [0.717, 1.165) is 17.1 Å². The summed E-state index contributed by atoms with van der Waals surface area (Å²) < 4.78 is 0. The van der Waals surface area contributed by atoms with Gasteiger partial charge in [0.1, 0.15) is 5.82 Å². The first-order valence-corrected chi connectivity index (χ1v) is 5.99. The lowest BCUT2D eigenvalue weighted by molar-refractivity contribution is 1.00. The fourth-order valence-corrected chi connectivity index (χ4v) is 1.85. The minimum absolute atomic E-state index is 0.619. The van der Waals surface area contributed by atoms with E-state index in [2.05, 4.69) is 34.6 Å². The van der Waals surface area contributed by atoms with Crippen LogP contribution in [0.1, 0.15) is 18.4 Å². The molecule has 86 valence electrons. The van der Waals surface area contributed by atoms with Crippen molar-refractivity contribution in [2.24, 2.45) is 0 Å². The van der Waals surface area contributed by atoms with Gasteiger partial charge in [-0.1, -0.05) is 24.3 Å². The van der Waals surface area contributed by atoms with Crippen molar-refractivity contribution >= 4 is 5.82 Å². The van der Waals surface area contributed by atoms with E-state index in [1.807, 2.05) is 24.3 Å². The molecular weight excluding hydrogens is 210 g/mol. The summed E-state index contributed by atoms with van der Waals surface area (Å²) in [7, 11) is 0. The van der Waals surface area contributed by atoms with Gasteiger partial charge in [-0.15, -0.1) is 10.2 Å². The van der Waals surface area contributed by atoms with Crippen LogP contribution < -0.4 is 5.32 Å². The summed E-state index contributed by atoms with van der Waals surface area (Å²) in [6.45, 7) is 2.09. The quantitative estimate of drug-likeness (QED) is 0.872. The third-order valence-electron chi connectivity index (χ3n) is 3.01. The molecule has 2 aromatic rings. The van der Waals surface area contributed by atoms with Crippen molar-refractivity contribution in [1.82, 2.24) is 10.2 Å². The molecule has 17 heavy (non-hydrogen) atoms. The highest BCUT2D eigenvalue weighted by Gasteiger charge is 2.21. The second-order valence-electron chi connectivity index (χ2n) is 4.54. The van der Waals surface area contributed by atoms with Gasteiger partial charge in [0.15, 0.2) is 0 Å². The van der Waals surface area contributed by atoms with Gasteiger partial charge in [-0.2, -0.15) is 0 Å². The Morgan fingerprint density at radius 2 is 1.88 bits per heavy atom. The Kier molecular flexibility index (Phi) is 2.52. The Morgan fingerprint density at radius 3 is 2.53 bits per heavy atom. The Labute approximate surface area is 101 Å². The zero-order valence-corrected chi connectivity index (χ0v) is 9.85. The summed E-state index contributed by atoms with van der Waals surface area (Å²) in [4.78, 5) is 0. The lowest BCUT2D eigenvalue weighted by Gasteiger charge is -2.06. The molecule has 1 N–H and O–H groups in total. The van der Waals surface area contributed by atoms with Crippen LogP contribution in [0.4, 0.5) is 5.82 Å². The molecule has 1 aromatic carbocycles. The van der Waals surface area contributed by atoms with Crippen LogP contribution in [0, 0.1) is 6.92 Å². The van der Waals surface area contributed by atoms with E-state index < -0.39 is 0 Å². The number of nitrogens with one attached hydrogen (secondary N) is 1. The first kappa shape index (κ1) is 10.3. The normalized spacial score (nSPS) is 14.6. The van der Waals surface area contributed by atoms with Crippen molar-refractivity contribution in [2.45, 2.75) is 25.8 Å². The lowest BCUT2D eigenvalue weighted by atomic mass is 10.1. The maximum Gasteiger partial charge on any atom is 0.148 e. The highest BCUT2D eigenvalue weighted by atomic mass is 15.2. The van der Waals surface area contributed by atoms with Crippen LogP contribution >= 0.6 is 0 Å². The van der Waals surface area contributed by atoms with Crippen molar-refractivity contribution < 1.29 is 0 Å². The van der Waals surface area contributed by atoms with Crippen LogP contribution in [-0.2, 0) is 0 Å². The monoisotopic (exact) mass is 225 g/mol. The topological polar surface area (TPSA) is 37.8 Å². The van der Waals surface area contributed by atoms with Gasteiger partial charge >= 0.3 is 0 Å². The molecule has 0 atom stereocenters. The predicted octanol–water partition coefficient (Wildman–Crippen LogP) is 3.03. The van der Waals surface area contributed by atoms with Crippen LogP contribution in [0.5, 0.6) is 0 Å². The molecule has 1 aliphatic rings. The zero-order valence-electron chi connectivity index (χ0n) is 9.85. The van der Waals surface area contributed by atoms with Crippen LogP contribution in [0.3, 0.4) is 0 Å². The van der Waals surface area contributed by atoms with Gasteiger partial charge in [0.05, 0.1) is 5.69 Å². The summed E-state index contributed by atoms with van der Waals surface area (Å²) in [5.74, 6) is 0.879. The zero-order chi connectivity index (χ0) is 11.7. The molecule has 1 aliphatic carbocycles. The van der Waals surface area contributed by atoms with Gasteiger partial charge in [-0.05, 0) is 37.5 Å². The first-order chi connectivity index (χ1) is 8.33. The van der Waals surface area contributed by atoms with Crippen molar-refractivity contribution in [2.75, 3.05) is 5.32 Å². The number of rotatable bonds is 3. The van der Waals surface area contributed by atoms with Gasteiger partial charge in [0.25, 0.3) is 0 Å². The van der Waals surface area contributed by atoms with E-state index in [9.17, 15) is 0 Å². The minimum Gasteiger partial charge on any atom is -0.366 e. The highest BCUT2D eigenvalue weighted by Crippen LogP contribution is 2.25. The molecule has 0 amide bonds. The standard InChI is InChI=1S/C14H15N3/c1-10-4-2-3-5-12(10)13-8-9-14(17-16-13)15-11-6-7-11/h2-5,8-9,11H,6-7H2,1H3,(H,15,17). The number of aryl methyl sites for hydroxylation is 1. The number of nitrogens with zero attached hydrogens (tertiary/aromatic N) is 2. The minimum atomic E-state index is 0.619. The number of hydrogen-bond donors (Lipinski definition) is 1. The Hall–Kier alpha value is -1.90. The molecule has 0 saturated heterocycles. The van der Waals surface area contributed by atoms with Gasteiger partial charge < -0.3 is 5.32 Å². The van der Waals surface area contributed by atoms with E-state index in [1.54, 1.807) is 0 Å². The van der Waals surface area contributed by atoms with Crippen molar-refractivity contribution in [1.29, 1.82) is 0 Å². The van der Waals surface area contributed by atoms with E-state index in [-0.39, 0.29) is 0 Å². The molecule has 1 aromatic heterocycles. The van der Waals surface area contributed by atoms with E-state index in [1.165, 1.54) is 18.4 Å². The fraction of sp³-hybridized carbons (Fsp3) is 0.286. The molecule has 0 radical (unpaired) electrons.